The third-order valence-corrected chi connectivity index (χ3v) is 3.99. The van der Waals surface area contributed by atoms with Gasteiger partial charge in [-0.15, -0.1) is 22.7 Å². The third-order valence-electron chi connectivity index (χ3n) is 1.59. The Labute approximate surface area is 79.3 Å². The minimum absolute atomic E-state index is 0.525. The largest absolute Gasteiger partial charge is 0.221 e. The summed E-state index contributed by atoms with van der Waals surface area (Å²) in [6.45, 7) is 6.35. The third kappa shape index (κ3) is 1.25. The van der Waals surface area contributed by atoms with Gasteiger partial charge in [-0.3, -0.25) is 0 Å². The summed E-state index contributed by atoms with van der Waals surface area (Å²) in [5, 5.41) is 2.31. The van der Waals surface area contributed by atoms with Crippen LogP contribution >= 0.6 is 22.7 Å². The first-order chi connectivity index (χ1) is 5.66. The first-order valence-corrected chi connectivity index (χ1v) is 5.54. The molecule has 2 nitrogen and oxygen atoms in total. The second-order valence-corrected chi connectivity index (χ2v) is 5.54. The van der Waals surface area contributed by atoms with Crippen molar-refractivity contribution < 1.29 is 0 Å². The highest BCUT2D eigenvalue weighted by molar-refractivity contribution is 7.37. The summed E-state index contributed by atoms with van der Waals surface area (Å²) >= 11 is 3.51. The van der Waals surface area contributed by atoms with E-state index >= 15 is 0 Å². The molecule has 2 aromatic rings. The normalized spacial score (nSPS) is 11.7. The molecule has 2 rings (SSSR count). The van der Waals surface area contributed by atoms with Crippen LogP contribution in [0.15, 0.2) is 0 Å². The fourth-order valence-electron chi connectivity index (χ4n) is 1.00. The van der Waals surface area contributed by atoms with Crippen molar-refractivity contribution >= 4 is 32.3 Å². The second-order valence-electron chi connectivity index (χ2n) is 3.05. The summed E-state index contributed by atoms with van der Waals surface area (Å²) in [5.41, 5.74) is 0.936. The van der Waals surface area contributed by atoms with Gasteiger partial charge in [0.15, 0.2) is 5.65 Å². The van der Waals surface area contributed by atoms with E-state index in [1.165, 1.54) is 9.02 Å². The monoisotopic (exact) mass is 198 g/mol. The Kier molecular flexibility index (Phi) is 1.88. The van der Waals surface area contributed by atoms with Crippen LogP contribution in [0.1, 0.15) is 29.8 Å². The van der Waals surface area contributed by atoms with Crippen molar-refractivity contribution in [3.8, 4) is 0 Å². The number of nitrogens with zero attached hydrogens (tertiary/aromatic N) is 2. The molecule has 0 atom stereocenters. The van der Waals surface area contributed by atoms with Crippen LogP contribution in [0, 0.1) is 6.92 Å². The topological polar surface area (TPSA) is 25.8 Å². The van der Waals surface area contributed by atoms with Crippen molar-refractivity contribution in [3.63, 3.8) is 0 Å². The van der Waals surface area contributed by atoms with Crippen LogP contribution in [-0.4, -0.2) is 9.97 Å². The fourth-order valence-corrected chi connectivity index (χ4v) is 3.11. The van der Waals surface area contributed by atoms with Gasteiger partial charge in [0, 0.05) is 5.92 Å². The maximum atomic E-state index is 4.45. The summed E-state index contributed by atoms with van der Waals surface area (Å²) in [6, 6.07) is 0. The van der Waals surface area contributed by atoms with Crippen LogP contribution in [0.4, 0.5) is 0 Å². The van der Waals surface area contributed by atoms with E-state index in [1.54, 1.807) is 22.7 Å². The molecule has 0 radical (unpaired) electrons. The zero-order valence-corrected chi connectivity index (χ0v) is 8.92. The Morgan fingerprint density at radius 1 is 1.17 bits per heavy atom. The van der Waals surface area contributed by atoms with Crippen LogP contribution in [0.5, 0.6) is 0 Å². The molecule has 64 valence electrons. The van der Waals surface area contributed by atoms with Crippen molar-refractivity contribution in [1.29, 1.82) is 0 Å². The summed E-state index contributed by atoms with van der Waals surface area (Å²) in [7, 11) is 0. The number of hydrogen-bond acceptors (Lipinski definition) is 4. The van der Waals surface area contributed by atoms with Crippen LogP contribution in [0.2, 0.25) is 0 Å². The molecular weight excluding hydrogens is 188 g/mol. The van der Waals surface area contributed by atoms with E-state index in [0.29, 0.717) is 5.92 Å². The van der Waals surface area contributed by atoms with Crippen molar-refractivity contribution in [3.05, 3.63) is 10.0 Å². The second kappa shape index (κ2) is 2.78. The molecule has 0 fully saturated rings. The van der Waals surface area contributed by atoms with Gasteiger partial charge in [-0.1, -0.05) is 13.8 Å². The summed E-state index contributed by atoms with van der Waals surface area (Å²) in [5.74, 6) is 0.525. The van der Waals surface area contributed by atoms with E-state index in [-0.39, 0.29) is 0 Å². The maximum Gasteiger partial charge on any atom is 0.182 e. The van der Waals surface area contributed by atoms with Crippen molar-refractivity contribution in [2.75, 3.05) is 0 Å². The molecule has 0 N–H and O–H groups in total. The van der Waals surface area contributed by atoms with E-state index in [1.807, 2.05) is 6.92 Å². The molecule has 4 heteroatoms. The highest BCUT2D eigenvalue weighted by atomic mass is 32.2. The van der Waals surface area contributed by atoms with E-state index in [9.17, 15) is 0 Å². The molecule has 0 amide bonds. The van der Waals surface area contributed by atoms with Gasteiger partial charge in [0.05, 0.1) is 10.0 Å². The molecule has 2 aromatic heterocycles. The lowest BCUT2D eigenvalue weighted by molar-refractivity contribution is 0.855. The van der Waals surface area contributed by atoms with Gasteiger partial charge >= 0.3 is 0 Å². The quantitative estimate of drug-likeness (QED) is 0.703. The zero-order chi connectivity index (χ0) is 8.72. The Morgan fingerprint density at radius 3 is 2.50 bits per heavy atom. The molecule has 0 aromatic carbocycles. The van der Waals surface area contributed by atoms with Gasteiger partial charge in [-0.2, -0.15) is 0 Å². The number of rotatable bonds is 1. The van der Waals surface area contributed by atoms with Gasteiger partial charge in [0.1, 0.15) is 4.01 Å². The SMILES string of the molecule is Cc1nc2nc(C(C)C)sc2s1. The molecule has 0 bridgehead atoms. The molecule has 2 heterocycles. The Morgan fingerprint density at radius 2 is 1.92 bits per heavy atom. The molecule has 0 saturated heterocycles. The van der Waals surface area contributed by atoms with Crippen LogP contribution in [0.25, 0.3) is 9.66 Å². The number of thiazole rings is 2. The number of aryl methyl sites for hydroxylation is 1. The van der Waals surface area contributed by atoms with Crippen LogP contribution < -0.4 is 0 Å². The lowest BCUT2D eigenvalue weighted by Gasteiger charge is -1.94. The Balaban J connectivity index is 2.57. The van der Waals surface area contributed by atoms with E-state index < -0.39 is 0 Å². The molecule has 0 unspecified atom stereocenters. The van der Waals surface area contributed by atoms with Crippen molar-refractivity contribution in [2.24, 2.45) is 0 Å². The summed E-state index contributed by atoms with van der Waals surface area (Å²) in [4.78, 5) is 8.78. The minimum atomic E-state index is 0.525. The summed E-state index contributed by atoms with van der Waals surface area (Å²) < 4.78 is 1.26. The van der Waals surface area contributed by atoms with E-state index in [4.69, 9.17) is 0 Å². The van der Waals surface area contributed by atoms with Crippen molar-refractivity contribution in [1.82, 2.24) is 9.97 Å². The molecule has 12 heavy (non-hydrogen) atoms. The number of fused-ring (bicyclic) bond motifs is 1. The van der Waals surface area contributed by atoms with E-state index in [2.05, 4.69) is 23.8 Å². The van der Waals surface area contributed by atoms with Crippen molar-refractivity contribution in [2.45, 2.75) is 26.7 Å². The predicted octanol–water partition coefficient (Wildman–Crippen LogP) is 3.18. The first kappa shape index (κ1) is 8.13. The molecule has 0 aliphatic rings. The van der Waals surface area contributed by atoms with Crippen LogP contribution in [-0.2, 0) is 0 Å². The van der Waals surface area contributed by atoms with Gasteiger partial charge in [-0.25, -0.2) is 9.97 Å². The lowest BCUT2D eigenvalue weighted by atomic mass is 10.2. The highest BCUT2D eigenvalue weighted by Crippen LogP contribution is 2.30. The van der Waals surface area contributed by atoms with Crippen LogP contribution in [0.3, 0.4) is 0 Å². The molecule has 0 aliphatic carbocycles. The Hall–Kier alpha value is -0.480. The lowest BCUT2D eigenvalue weighted by Crippen LogP contribution is -1.83. The highest BCUT2D eigenvalue weighted by Gasteiger charge is 2.10. The smallest absolute Gasteiger partial charge is 0.182 e. The van der Waals surface area contributed by atoms with Gasteiger partial charge in [0.25, 0.3) is 0 Å². The number of aromatic nitrogens is 2. The maximum absolute atomic E-state index is 4.45. The first-order valence-electron chi connectivity index (χ1n) is 3.90. The molecular formula is C8H10N2S2. The standard InChI is InChI=1S/C8H10N2S2/c1-4(2)7-10-6-8(12-7)11-5(3)9-6/h4H,1-3H3. The molecule has 0 spiro atoms. The van der Waals surface area contributed by atoms with Gasteiger partial charge < -0.3 is 0 Å². The molecule has 0 aliphatic heterocycles. The minimum Gasteiger partial charge on any atom is -0.221 e. The Bertz CT molecular complexity index is 369. The fraction of sp³-hybridized carbons (Fsp3) is 0.500. The molecule has 0 saturated carbocycles. The number of hydrogen-bond donors (Lipinski definition) is 0. The summed E-state index contributed by atoms with van der Waals surface area (Å²) in [6.07, 6.45) is 0. The average Bonchev–Trinajstić information content (AvgIpc) is 2.42. The van der Waals surface area contributed by atoms with E-state index in [0.717, 1.165) is 10.7 Å². The predicted molar refractivity (Wildman–Crippen MR) is 54.1 cm³/mol. The van der Waals surface area contributed by atoms with Gasteiger partial charge in [0.2, 0.25) is 0 Å². The zero-order valence-electron chi connectivity index (χ0n) is 7.29. The van der Waals surface area contributed by atoms with Gasteiger partial charge in [-0.05, 0) is 6.92 Å². The average molecular weight is 198 g/mol.